The van der Waals surface area contributed by atoms with Gasteiger partial charge in [-0.15, -0.1) is 0 Å². The second kappa shape index (κ2) is 5.70. The summed E-state index contributed by atoms with van der Waals surface area (Å²) in [4.78, 5) is 10.3. The number of aryl methyl sites for hydroxylation is 1. The molecule has 0 saturated heterocycles. The van der Waals surface area contributed by atoms with E-state index in [1.165, 1.54) is 11.8 Å². The van der Waals surface area contributed by atoms with Crippen LogP contribution in [0.15, 0.2) is 18.6 Å². The lowest BCUT2D eigenvalue weighted by molar-refractivity contribution is 0.711. The first-order chi connectivity index (χ1) is 9.51. The van der Waals surface area contributed by atoms with Gasteiger partial charge in [-0.1, -0.05) is 13.8 Å². The average Bonchev–Trinajstić information content (AvgIpc) is 2.80. The highest BCUT2D eigenvalue weighted by molar-refractivity contribution is 5.38. The van der Waals surface area contributed by atoms with Crippen LogP contribution >= 0.6 is 0 Å². The van der Waals surface area contributed by atoms with E-state index in [1.54, 1.807) is 6.20 Å². The maximum atomic E-state index is 8.73. The van der Waals surface area contributed by atoms with E-state index in [2.05, 4.69) is 28.9 Å². The Kier molecular flexibility index (Phi) is 3.99. The first-order valence-electron chi connectivity index (χ1n) is 6.47. The largest absolute Gasteiger partial charge is 0.354 e. The van der Waals surface area contributed by atoms with Crippen LogP contribution in [-0.2, 0) is 13.6 Å². The summed E-state index contributed by atoms with van der Waals surface area (Å²) in [5.74, 6) is 1.12. The summed E-state index contributed by atoms with van der Waals surface area (Å²) in [5, 5.41) is 13.2. The van der Waals surface area contributed by atoms with Crippen LogP contribution in [0.4, 0.5) is 5.82 Å². The topological polar surface area (TPSA) is 70.6 Å². The van der Waals surface area contributed by atoms with Crippen molar-refractivity contribution in [3.8, 4) is 6.07 Å². The van der Waals surface area contributed by atoms with Gasteiger partial charge in [0.15, 0.2) is 5.69 Å². The summed E-state index contributed by atoms with van der Waals surface area (Å²) < 4.78 is 1.84. The molecule has 0 unspecified atom stereocenters. The van der Waals surface area contributed by atoms with E-state index in [4.69, 9.17) is 5.26 Å². The highest BCUT2D eigenvalue weighted by Gasteiger charge is 2.14. The molecule has 20 heavy (non-hydrogen) atoms. The summed E-state index contributed by atoms with van der Waals surface area (Å²) in [5.41, 5.74) is 2.60. The van der Waals surface area contributed by atoms with Crippen molar-refractivity contribution < 1.29 is 0 Å². The molecule has 0 saturated carbocycles. The van der Waals surface area contributed by atoms with E-state index in [0.717, 1.165) is 11.5 Å². The fraction of sp³-hybridized carbons (Fsp3) is 0.429. The van der Waals surface area contributed by atoms with Gasteiger partial charge in [-0.25, -0.2) is 9.97 Å². The third-order valence-electron chi connectivity index (χ3n) is 3.04. The SMILES string of the molecule is CC(C)c1nn(C)cc1CN(C)c1cnc(C#N)cn1. The molecule has 0 bridgehead atoms. The Labute approximate surface area is 118 Å². The molecule has 6 nitrogen and oxygen atoms in total. The van der Waals surface area contributed by atoms with Crippen molar-refractivity contribution in [2.75, 3.05) is 11.9 Å². The van der Waals surface area contributed by atoms with Gasteiger partial charge >= 0.3 is 0 Å². The van der Waals surface area contributed by atoms with Crippen molar-refractivity contribution in [3.63, 3.8) is 0 Å². The molecule has 2 aromatic heterocycles. The normalized spacial score (nSPS) is 10.6. The van der Waals surface area contributed by atoms with Crippen molar-refractivity contribution in [1.29, 1.82) is 5.26 Å². The zero-order valence-corrected chi connectivity index (χ0v) is 12.2. The number of hydrogen-bond donors (Lipinski definition) is 0. The summed E-state index contributed by atoms with van der Waals surface area (Å²) in [6.45, 7) is 4.97. The molecule has 0 fully saturated rings. The van der Waals surface area contributed by atoms with Gasteiger partial charge in [-0.05, 0) is 5.92 Å². The van der Waals surface area contributed by atoms with Crippen molar-refractivity contribution in [3.05, 3.63) is 35.5 Å². The lowest BCUT2D eigenvalue weighted by atomic mass is 10.1. The number of nitriles is 1. The standard InChI is InChI=1S/C14H18N6/c1-10(2)14-11(9-20(4)18-14)8-19(3)13-7-16-12(5-15)6-17-13/h6-7,9-10H,8H2,1-4H3. The van der Waals surface area contributed by atoms with Gasteiger partial charge in [0.25, 0.3) is 0 Å². The predicted molar refractivity (Wildman–Crippen MR) is 76.2 cm³/mol. The summed E-state index contributed by atoms with van der Waals surface area (Å²) in [7, 11) is 3.88. The molecule has 0 aliphatic rings. The lowest BCUT2D eigenvalue weighted by Crippen LogP contribution is -2.18. The Morgan fingerprint density at radius 3 is 2.65 bits per heavy atom. The van der Waals surface area contributed by atoms with Crippen LogP contribution in [0, 0.1) is 11.3 Å². The van der Waals surface area contributed by atoms with E-state index in [1.807, 2.05) is 35.9 Å². The zero-order valence-electron chi connectivity index (χ0n) is 12.2. The summed E-state index contributed by atoms with van der Waals surface area (Å²) in [6.07, 6.45) is 5.13. The van der Waals surface area contributed by atoms with Gasteiger partial charge in [0.2, 0.25) is 0 Å². The number of anilines is 1. The first-order valence-corrected chi connectivity index (χ1v) is 6.47. The van der Waals surface area contributed by atoms with E-state index >= 15 is 0 Å². The Hall–Kier alpha value is -2.42. The first kappa shape index (κ1) is 14.0. The maximum Gasteiger partial charge on any atom is 0.158 e. The molecule has 2 aromatic rings. The molecule has 0 amide bonds. The third-order valence-corrected chi connectivity index (χ3v) is 3.04. The number of hydrogen-bond acceptors (Lipinski definition) is 5. The van der Waals surface area contributed by atoms with Gasteiger partial charge in [0.1, 0.15) is 11.9 Å². The number of nitrogens with zero attached hydrogens (tertiary/aromatic N) is 6. The summed E-state index contributed by atoms with van der Waals surface area (Å²) in [6, 6.07) is 1.96. The van der Waals surface area contributed by atoms with Gasteiger partial charge in [0, 0.05) is 32.4 Å². The molecule has 0 aliphatic heterocycles. The van der Waals surface area contributed by atoms with Crippen LogP contribution in [0.2, 0.25) is 0 Å². The van der Waals surface area contributed by atoms with Gasteiger partial charge in [0.05, 0.1) is 18.1 Å². The molecule has 0 atom stereocenters. The van der Waals surface area contributed by atoms with Gasteiger partial charge in [-0.2, -0.15) is 10.4 Å². The molecule has 2 rings (SSSR count). The van der Waals surface area contributed by atoms with Gasteiger partial charge in [-0.3, -0.25) is 4.68 Å². The van der Waals surface area contributed by atoms with Crippen molar-refractivity contribution in [2.45, 2.75) is 26.3 Å². The highest BCUT2D eigenvalue weighted by Crippen LogP contribution is 2.20. The zero-order chi connectivity index (χ0) is 14.7. The Morgan fingerprint density at radius 2 is 2.10 bits per heavy atom. The van der Waals surface area contributed by atoms with Crippen LogP contribution in [0.5, 0.6) is 0 Å². The lowest BCUT2D eigenvalue weighted by Gasteiger charge is -2.18. The second-order valence-electron chi connectivity index (χ2n) is 5.10. The molecule has 0 radical (unpaired) electrons. The molecular formula is C14H18N6. The minimum atomic E-state index is 0.325. The Morgan fingerprint density at radius 1 is 1.35 bits per heavy atom. The maximum absolute atomic E-state index is 8.73. The summed E-state index contributed by atoms with van der Waals surface area (Å²) >= 11 is 0. The monoisotopic (exact) mass is 270 g/mol. The van der Waals surface area contributed by atoms with Crippen LogP contribution in [-0.4, -0.2) is 26.8 Å². The minimum Gasteiger partial charge on any atom is -0.354 e. The fourth-order valence-corrected chi connectivity index (χ4v) is 2.08. The molecule has 6 heteroatoms. The van der Waals surface area contributed by atoms with Crippen molar-refractivity contribution in [1.82, 2.24) is 19.7 Å². The molecular weight excluding hydrogens is 252 g/mol. The minimum absolute atomic E-state index is 0.325. The van der Waals surface area contributed by atoms with E-state index in [9.17, 15) is 0 Å². The van der Waals surface area contributed by atoms with Crippen molar-refractivity contribution >= 4 is 5.82 Å². The number of aromatic nitrogens is 4. The van der Waals surface area contributed by atoms with E-state index < -0.39 is 0 Å². The second-order valence-corrected chi connectivity index (χ2v) is 5.10. The van der Waals surface area contributed by atoms with E-state index in [0.29, 0.717) is 18.2 Å². The van der Waals surface area contributed by atoms with Crippen LogP contribution < -0.4 is 4.90 Å². The molecule has 0 N–H and O–H groups in total. The molecule has 2 heterocycles. The molecule has 0 aromatic carbocycles. The molecule has 0 aliphatic carbocycles. The van der Waals surface area contributed by atoms with E-state index in [-0.39, 0.29) is 0 Å². The van der Waals surface area contributed by atoms with Gasteiger partial charge < -0.3 is 4.90 Å². The third kappa shape index (κ3) is 2.94. The fourth-order valence-electron chi connectivity index (χ4n) is 2.08. The van der Waals surface area contributed by atoms with Crippen LogP contribution in [0.25, 0.3) is 0 Å². The Balaban J connectivity index is 2.18. The van der Waals surface area contributed by atoms with Crippen LogP contribution in [0.1, 0.15) is 36.7 Å². The molecule has 104 valence electrons. The number of rotatable bonds is 4. The Bertz CT molecular complexity index is 620. The van der Waals surface area contributed by atoms with Crippen LogP contribution in [0.3, 0.4) is 0 Å². The smallest absolute Gasteiger partial charge is 0.158 e. The highest BCUT2D eigenvalue weighted by atomic mass is 15.3. The van der Waals surface area contributed by atoms with Crippen molar-refractivity contribution in [2.24, 2.45) is 7.05 Å². The quantitative estimate of drug-likeness (QED) is 0.847. The predicted octanol–water partition coefficient (Wildman–Crippen LogP) is 1.84. The average molecular weight is 270 g/mol. The molecule has 0 spiro atoms.